The summed E-state index contributed by atoms with van der Waals surface area (Å²) in [6.45, 7) is 1.46. The number of hydrogen-bond donors (Lipinski definition) is 1. The third-order valence-corrected chi connectivity index (χ3v) is 1.80. The van der Waals surface area contributed by atoms with E-state index in [-0.39, 0.29) is 13.0 Å². The molecule has 0 bridgehead atoms. The van der Waals surface area contributed by atoms with Crippen LogP contribution in [-0.2, 0) is 9.53 Å². The number of alkyl halides is 1. The summed E-state index contributed by atoms with van der Waals surface area (Å²) in [5.74, 6) is -1.22. The van der Waals surface area contributed by atoms with Crippen molar-refractivity contribution in [2.24, 2.45) is 0 Å². The lowest BCUT2D eigenvalue weighted by molar-refractivity contribution is -0.162. The number of carbonyl (C=O) groups is 1. The van der Waals surface area contributed by atoms with Crippen molar-refractivity contribution >= 4 is 5.97 Å². The van der Waals surface area contributed by atoms with Gasteiger partial charge in [-0.15, -0.1) is 0 Å². The van der Waals surface area contributed by atoms with Crippen molar-refractivity contribution in [3.05, 3.63) is 0 Å². The van der Waals surface area contributed by atoms with E-state index in [9.17, 15) is 9.18 Å². The third-order valence-electron chi connectivity index (χ3n) is 1.80. The zero-order chi connectivity index (χ0) is 7.78. The minimum atomic E-state index is -1.60. The number of hydrogen-bond acceptors (Lipinski definition) is 2. The van der Waals surface area contributed by atoms with Gasteiger partial charge >= 0.3 is 5.97 Å². The summed E-state index contributed by atoms with van der Waals surface area (Å²) in [4.78, 5) is 10.4. The monoisotopic (exact) mass is 148 g/mol. The smallest absolute Gasteiger partial charge is 0.338 e. The van der Waals surface area contributed by atoms with Crippen LogP contribution in [0.15, 0.2) is 0 Å². The molecule has 1 rings (SSSR count). The first-order valence-corrected chi connectivity index (χ1v) is 3.09. The fourth-order valence-corrected chi connectivity index (χ4v) is 0.936. The predicted molar refractivity (Wildman–Crippen MR) is 31.5 cm³/mol. The Hall–Kier alpha value is -0.640. The summed E-state index contributed by atoms with van der Waals surface area (Å²) in [6.07, 6.45) is -1.19. The van der Waals surface area contributed by atoms with Gasteiger partial charge in [-0.1, -0.05) is 0 Å². The van der Waals surface area contributed by atoms with E-state index in [2.05, 4.69) is 0 Å². The second-order valence-electron chi connectivity index (χ2n) is 2.52. The summed E-state index contributed by atoms with van der Waals surface area (Å²) in [5.41, 5.74) is -1.60. The Morgan fingerprint density at radius 3 is 2.70 bits per heavy atom. The second kappa shape index (κ2) is 2.20. The quantitative estimate of drug-likeness (QED) is 0.591. The predicted octanol–water partition coefficient (Wildman–Crippen LogP) is 0.588. The molecule has 0 aromatic rings. The number of carboxylic acids is 1. The zero-order valence-electron chi connectivity index (χ0n) is 5.63. The molecule has 0 spiro atoms. The van der Waals surface area contributed by atoms with E-state index >= 15 is 0 Å². The highest BCUT2D eigenvalue weighted by molar-refractivity contribution is 5.78. The van der Waals surface area contributed by atoms with Gasteiger partial charge in [0.1, 0.15) is 6.17 Å². The SMILES string of the molecule is CC1(C(=O)O)OCCC1F. The van der Waals surface area contributed by atoms with E-state index in [1.165, 1.54) is 6.92 Å². The molecular weight excluding hydrogens is 139 g/mol. The van der Waals surface area contributed by atoms with E-state index < -0.39 is 17.7 Å². The molecule has 0 aliphatic carbocycles. The molecule has 0 saturated carbocycles. The molecule has 3 nitrogen and oxygen atoms in total. The zero-order valence-corrected chi connectivity index (χ0v) is 5.63. The number of rotatable bonds is 1. The average molecular weight is 148 g/mol. The summed E-state index contributed by atoms with van der Waals surface area (Å²) in [6, 6.07) is 0. The van der Waals surface area contributed by atoms with Gasteiger partial charge < -0.3 is 9.84 Å². The molecule has 0 aromatic carbocycles. The maximum atomic E-state index is 12.7. The lowest BCUT2D eigenvalue weighted by Gasteiger charge is -2.19. The number of aliphatic carboxylic acids is 1. The molecule has 1 heterocycles. The summed E-state index contributed by atoms with van der Waals surface area (Å²) >= 11 is 0. The Kier molecular flexibility index (Phi) is 1.64. The van der Waals surface area contributed by atoms with E-state index in [0.717, 1.165) is 0 Å². The summed E-state index contributed by atoms with van der Waals surface area (Å²) in [5, 5.41) is 8.48. The fourth-order valence-electron chi connectivity index (χ4n) is 0.936. The number of ether oxygens (including phenoxy) is 1. The van der Waals surface area contributed by atoms with Crippen LogP contribution in [-0.4, -0.2) is 29.5 Å². The summed E-state index contributed by atoms with van der Waals surface area (Å²) < 4.78 is 17.5. The van der Waals surface area contributed by atoms with Crippen LogP contribution in [0.25, 0.3) is 0 Å². The summed E-state index contributed by atoms with van der Waals surface area (Å²) in [7, 11) is 0. The molecule has 2 atom stereocenters. The van der Waals surface area contributed by atoms with Crippen molar-refractivity contribution in [2.45, 2.75) is 25.1 Å². The molecule has 1 saturated heterocycles. The van der Waals surface area contributed by atoms with Crippen LogP contribution >= 0.6 is 0 Å². The van der Waals surface area contributed by atoms with Crippen molar-refractivity contribution in [2.75, 3.05) is 6.61 Å². The molecule has 0 radical (unpaired) electrons. The first-order valence-electron chi connectivity index (χ1n) is 3.09. The van der Waals surface area contributed by atoms with E-state index in [0.29, 0.717) is 0 Å². The lowest BCUT2D eigenvalue weighted by Crippen LogP contribution is -2.41. The van der Waals surface area contributed by atoms with Crippen LogP contribution in [0.4, 0.5) is 4.39 Å². The van der Waals surface area contributed by atoms with Crippen LogP contribution in [0.3, 0.4) is 0 Å². The Labute approximate surface area is 57.8 Å². The number of halogens is 1. The van der Waals surface area contributed by atoms with Gasteiger partial charge in [0, 0.05) is 6.42 Å². The molecule has 0 amide bonds. The van der Waals surface area contributed by atoms with Gasteiger partial charge in [0.05, 0.1) is 6.61 Å². The molecule has 2 unspecified atom stereocenters. The Morgan fingerprint density at radius 1 is 1.90 bits per heavy atom. The van der Waals surface area contributed by atoms with E-state index in [1.807, 2.05) is 0 Å². The highest BCUT2D eigenvalue weighted by atomic mass is 19.1. The van der Waals surface area contributed by atoms with Crippen LogP contribution in [0, 0.1) is 0 Å². The van der Waals surface area contributed by atoms with Gasteiger partial charge in [0.2, 0.25) is 0 Å². The van der Waals surface area contributed by atoms with Gasteiger partial charge in [-0.3, -0.25) is 0 Å². The van der Waals surface area contributed by atoms with E-state index in [1.54, 1.807) is 0 Å². The molecular formula is C6H9FO3. The van der Waals surface area contributed by atoms with Gasteiger partial charge in [0.25, 0.3) is 0 Å². The van der Waals surface area contributed by atoms with E-state index in [4.69, 9.17) is 9.84 Å². The first-order chi connectivity index (χ1) is 4.57. The van der Waals surface area contributed by atoms with Crippen LogP contribution in [0.1, 0.15) is 13.3 Å². The normalized spacial score (nSPS) is 40.0. The minimum absolute atomic E-state index is 0.183. The maximum Gasteiger partial charge on any atom is 0.338 e. The minimum Gasteiger partial charge on any atom is -0.479 e. The van der Waals surface area contributed by atoms with Crippen molar-refractivity contribution in [3.63, 3.8) is 0 Å². The van der Waals surface area contributed by atoms with Gasteiger partial charge in [-0.05, 0) is 6.92 Å². The van der Waals surface area contributed by atoms with Gasteiger partial charge in [-0.25, -0.2) is 9.18 Å². The molecule has 1 fully saturated rings. The van der Waals surface area contributed by atoms with Crippen molar-refractivity contribution in [3.8, 4) is 0 Å². The number of carboxylic acid groups (broad SMARTS) is 1. The van der Waals surface area contributed by atoms with Crippen molar-refractivity contribution in [1.82, 2.24) is 0 Å². The highest BCUT2D eigenvalue weighted by Gasteiger charge is 2.47. The standard InChI is InChI=1S/C6H9FO3/c1-6(5(8)9)4(7)2-3-10-6/h4H,2-3H2,1H3,(H,8,9). The van der Waals surface area contributed by atoms with Crippen LogP contribution in [0.5, 0.6) is 0 Å². The topological polar surface area (TPSA) is 46.5 Å². The molecule has 10 heavy (non-hydrogen) atoms. The lowest BCUT2D eigenvalue weighted by atomic mass is 10.0. The van der Waals surface area contributed by atoms with Gasteiger partial charge in [-0.2, -0.15) is 0 Å². The maximum absolute atomic E-state index is 12.7. The molecule has 58 valence electrons. The first kappa shape index (κ1) is 7.47. The largest absolute Gasteiger partial charge is 0.479 e. The highest BCUT2D eigenvalue weighted by Crippen LogP contribution is 2.28. The Balaban J connectivity index is 2.75. The van der Waals surface area contributed by atoms with Crippen LogP contribution < -0.4 is 0 Å². The molecule has 1 aliphatic heterocycles. The van der Waals surface area contributed by atoms with Crippen LogP contribution in [0.2, 0.25) is 0 Å². The van der Waals surface area contributed by atoms with Crippen molar-refractivity contribution < 1.29 is 19.0 Å². The average Bonchev–Trinajstić information content (AvgIpc) is 2.15. The molecule has 1 N–H and O–H groups in total. The van der Waals surface area contributed by atoms with Gasteiger partial charge in [0.15, 0.2) is 5.60 Å². The Bertz CT molecular complexity index is 159. The second-order valence-corrected chi connectivity index (χ2v) is 2.52. The fraction of sp³-hybridized carbons (Fsp3) is 0.833. The molecule has 1 aliphatic rings. The molecule has 0 aromatic heterocycles. The Morgan fingerprint density at radius 2 is 2.50 bits per heavy atom. The molecule has 4 heteroatoms. The van der Waals surface area contributed by atoms with Crippen molar-refractivity contribution in [1.29, 1.82) is 0 Å². The third kappa shape index (κ3) is 0.883.